The van der Waals surface area contributed by atoms with Gasteiger partial charge in [0.05, 0.1) is 11.0 Å². The van der Waals surface area contributed by atoms with Crippen molar-refractivity contribution in [3.8, 4) is 0 Å². The van der Waals surface area contributed by atoms with Gasteiger partial charge < -0.3 is 15.0 Å². The number of anilines is 1. The van der Waals surface area contributed by atoms with Gasteiger partial charge in [-0.3, -0.25) is 0 Å². The van der Waals surface area contributed by atoms with Crippen LogP contribution in [0.15, 0.2) is 12.1 Å². The molecule has 0 aliphatic carbocycles. The molecule has 20 heavy (non-hydrogen) atoms. The molecule has 0 saturated heterocycles. The van der Waals surface area contributed by atoms with Crippen molar-refractivity contribution in [2.75, 3.05) is 19.5 Å². The summed E-state index contributed by atoms with van der Waals surface area (Å²) in [5.74, 6) is 0.177. The quantitative estimate of drug-likeness (QED) is 0.914. The second-order valence-electron chi connectivity index (χ2n) is 6.05. The maximum atomic E-state index is 13.6. The molecule has 0 saturated carbocycles. The first-order valence-corrected chi connectivity index (χ1v) is 6.75. The molecule has 1 aromatic heterocycles. The second kappa shape index (κ2) is 5.40. The van der Waals surface area contributed by atoms with E-state index in [9.17, 15) is 4.39 Å². The smallest absolute Gasteiger partial charge is 0.201 e. The molecule has 0 amide bonds. The Morgan fingerprint density at radius 2 is 2.10 bits per heavy atom. The molecule has 1 aromatic carbocycles. The van der Waals surface area contributed by atoms with E-state index in [0.717, 1.165) is 18.5 Å². The first-order valence-electron chi connectivity index (χ1n) is 6.75. The first-order chi connectivity index (χ1) is 9.34. The molecular formula is C15H22FN3O. The highest BCUT2D eigenvalue weighted by atomic mass is 19.1. The first kappa shape index (κ1) is 14.8. The van der Waals surface area contributed by atoms with Crippen LogP contribution in [-0.4, -0.2) is 23.3 Å². The van der Waals surface area contributed by atoms with E-state index in [1.165, 1.54) is 6.07 Å². The standard InChI is InChI=1S/C15H22FN3O/c1-10-7-13-12(8-11(10)16)18-14(17)19(13)9-15(2,3)5-6-20-4/h7-8H,5-6,9H2,1-4H3,(H2,17,18). The third-order valence-corrected chi connectivity index (χ3v) is 3.63. The number of rotatable bonds is 5. The van der Waals surface area contributed by atoms with Crippen molar-refractivity contribution >= 4 is 17.0 Å². The number of halogens is 1. The third-order valence-electron chi connectivity index (χ3n) is 3.63. The average molecular weight is 279 g/mol. The van der Waals surface area contributed by atoms with Gasteiger partial charge in [-0.2, -0.15) is 0 Å². The Hall–Kier alpha value is -1.62. The largest absolute Gasteiger partial charge is 0.385 e. The van der Waals surface area contributed by atoms with Gasteiger partial charge in [-0.1, -0.05) is 13.8 Å². The summed E-state index contributed by atoms with van der Waals surface area (Å²) in [6.07, 6.45) is 0.919. The van der Waals surface area contributed by atoms with Crippen LogP contribution in [0.2, 0.25) is 0 Å². The van der Waals surface area contributed by atoms with Gasteiger partial charge in [0.2, 0.25) is 5.95 Å². The topological polar surface area (TPSA) is 53.1 Å². The predicted molar refractivity (Wildman–Crippen MR) is 79.1 cm³/mol. The highest BCUT2D eigenvalue weighted by molar-refractivity contribution is 5.79. The van der Waals surface area contributed by atoms with Crippen molar-refractivity contribution in [3.63, 3.8) is 0 Å². The van der Waals surface area contributed by atoms with Crippen molar-refractivity contribution in [1.29, 1.82) is 0 Å². The Bertz CT molecular complexity index is 619. The normalized spacial score (nSPS) is 12.2. The Kier molecular flexibility index (Phi) is 3.99. The summed E-state index contributed by atoms with van der Waals surface area (Å²) < 4.78 is 20.7. The Morgan fingerprint density at radius 1 is 1.40 bits per heavy atom. The zero-order valence-electron chi connectivity index (χ0n) is 12.5. The second-order valence-corrected chi connectivity index (χ2v) is 6.05. The molecule has 2 N–H and O–H groups in total. The van der Waals surface area contributed by atoms with Gasteiger partial charge in [0.1, 0.15) is 5.82 Å². The van der Waals surface area contributed by atoms with Gasteiger partial charge in [-0.25, -0.2) is 9.37 Å². The number of methoxy groups -OCH3 is 1. The lowest BCUT2D eigenvalue weighted by molar-refractivity contribution is 0.143. The minimum absolute atomic E-state index is 0.0278. The molecule has 2 aromatic rings. The number of benzene rings is 1. The fourth-order valence-electron chi connectivity index (χ4n) is 2.32. The average Bonchev–Trinajstić information content (AvgIpc) is 2.64. The van der Waals surface area contributed by atoms with E-state index in [4.69, 9.17) is 10.5 Å². The number of nitrogens with two attached hydrogens (primary N) is 1. The molecule has 0 radical (unpaired) electrons. The highest BCUT2D eigenvalue weighted by Gasteiger charge is 2.21. The zero-order chi connectivity index (χ0) is 14.9. The molecule has 5 heteroatoms. The van der Waals surface area contributed by atoms with E-state index >= 15 is 0 Å². The van der Waals surface area contributed by atoms with Crippen molar-refractivity contribution in [3.05, 3.63) is 23.5 Å². The van der Waals surface area contributed by atoms with Crippen LogP contribution in [0.1, 0.15) is 25.8 Å². The molecule has 0 spiro atoms. The van der Waals surface area contributed by atoms with Gasteiger partial charge in [-0.15, -0.1) is 0 Å². The molecule has 1 heterocycles. The van der Waals surface area contributed by atoms with Crippen LogP contribution in [0.25, 0.3) is 11.0 Å². The molecule has 0 unspecified atom stereocenters. The van der Waals surface area contributed by atoms with Gasteiger partial charge >= 0.3 is 0 Å². The minimum atomic E-state index is -0.249. The Balaban J connectivity index is 2.39. The fraction of sp³-hybridized carbons (Fsp3) is 0.533. The Morgan fingerprint density at radius 3 is 2.75 bits per heavy atom. The van der Waals surface area contributed by atoms with Crippen LogP contribution in [0.3, 0.4) is 0 Å². The van der Waals surface area contributed by atoms with Crippen LogP contribution in [0.5, 0.6) is 0 Å². The van der Waals surface area contributed by atoms with Gasteiger partial charge in [0.25, 0.3) is 0 Å². The van der Waals surface area contributed by atoms with Crippen molar-refractivity contribution in [1.82, 2.24) is 9.55 Å². The lowest BCUT2D eigenvalue weighted by atomic mass is 9.89. The van der Waals surface area contributed by atoms with Crippen LogP contribution in [0.4, 0.5) is 10.3 Å². The van der Waals surface area contributed by atoms with E-state index in [2.05, 4.69) is 18.8 Å². The number of fused-ring (bicyclic) bond motifs is 1. The summed E-state index contributed by atoms with van der Waals surface area (Å²) >= 11 is 0. The molecule has 0 bridgehead atoms. The summed E-state index contributed by atoms with van der Waals surface area (Å²) in [6.45, 7) is 7.50. The molecule has 0 aliphatic rings. The molecule has 0 aliphatic heterocycles. The molecular weight excluding hydrogens is 257 g/mol. The number of hydrogen-bond acceptors (Lipinski definition) is 3. The summed E-state index contributed by atoms with van der Waals surface area (Å²) in [6, 6.07) is 3.25. The Labute approximate surface area is 118 Å². The van der Waals surface area contributed by atoms with E-state index in [1.54, 1.807) is 20.1 Å². The fourth-order valence-corrected chi connectivity index (χ4v) is 2.32. The van der Waals surface area contributed by atoms with Crippen molar-refractivity contribution in [2.45, 2.75) is 33.7 Å². The van der Waals surface area contributed by atoms with Crippen molar-refractivity contribution < 1.29 is 9.13 Å². The highest BCUT2D eigenvalue weighted by Crippen LogP contribution is 2.28. The molecule has 0 fully saturated rings. The zero-order valence-corrected chi connectivity index (χ0v) is 12.5. The van der Waals surface area contributed by atoms with Gasteiger partial charge in [-0.05, 0) is 30.4 Å². The molecule has 2 rings (SSSR count). The van der Waals surface area contributed by atoms with Crippen molar-refractivity contribution in [2.24, 2.45) is 5.41 Å². The number of nitrogens with zero attached hydrogens (tertiary/aromatic N) is 2. The van der Waals surface area contributed by atoms with Gasteiger partial charge in [0.15, 0.2) is 0 Å². The van der Waals surface area contributed by atoms with Crippen LogP contribution < -0.4 is 5.73 Å². The predicted octanol–water partition coefficient (Wildman–Crippen LogP) is 3.13. The summed E-state index contributed by atoms with van der Waals surface area (Å²) in [5.41, 5.74) is 8.11. The molecule has 4 nitrogen and oxygen atoms in total. The number of imidazole rings is 1. The third kappa shape index (κ3) is 2.93. The number of hydrogen-bond donors (Lipinski definition) is 1. The monoisotopic (exact) mass is 279 g/mol. The number of aryl methyl sites for hydroxylation is 1. The summed E-state index contributed by atoms with van der Waals surface area (Å²) in [5, 5.41) is 0. The lowest BCUT2D eigenvalue weighted by Gasteiger charge is -2.25. The lowest BCUT2D eigenvalue weighted by Crippen LogP contribution is -2.22. The van der Waals surface area contributed by atoms with Gasteiger partial charge in [0, 0.05) is 26.3 Å². The minimum Gasteiger partial charge on any atom is -0.385 e. The molecule has 0 atom stereocenters. The summed E-state index contributed by atoms with van der Waals surface area (Å²) in [7, 11) is 1.70. The SMILES string of the molecule is COCCC(C)(C)Cn1c(N)nc2cc(F)c(C)cc21. The summed E-state index contributed by atoms with van der Waals surface area (Å²) in [4.78, 5) is 4.25. The van der Waals surface area contributed by atoms with E-state index in [0.29, 0.717) is 23.6 Å². The molecule has 110 valence electrons. The van der Waals surface area contributed by atoms with E-state index in [-0.39, 0.29) is 11.2 Å². The van der Waals surface area contributed by atoms with Crippen LogP contribution >= 0.6 is 0 Å². The number of ether oxygens (including phenoxy) is 1. The van der Waals surface area contributed by atoms with Crippen LogP contribution in [-0.2, 0) is 11.3 Å². The maximum Gasteiger partial charge on any atom is 0.201 e. The number of aromatic nitrogens is 2. The van der Waals surface area contributed by atoms with E-state index in [1.807, 2.05) is 4.57 Å². The number of nitrogen functional groups attached to an aromatic ring is 1. The van der Waals surface area contributed by atoms with E-state index < -0.39 is 0 Å². The maximum absolute atomic E-state index is 13.6. The van der Waals surface area contributed by atoms with Crippen LogP contribution in [0, 0.1) is 18.2 Å².